The first-order chi connectivity index (χ1) is 8.63. The molecule has 2 aliphatic rings. The van der Waals surface area contributed by atoms with E-state index in [0.29, 0.717) is 11.7 Å². The third kappa shape index (κ3) is 1.97. The molecule has 3 atom stereocenters. The molecular weight excluding hydrogens is 230 g/mol. The number of ether oxygens (including phenoxy) is 1. The molecule has 1 aromatic carbocycles. The van der Waals surface area contributed by atoms with Crippen molar-refractivity contribution in [2.24, 2.45) is 0 Å². The molecule has 2 heterocycles. The lowest BCUT2D eigenvalue weighted by atomic mass is 9.95. The van der Waals surface area contributed by atoms with Crippen molar-refractivity contribution in [2.45, 2.75) is 44.4 Å². The lowest BCUT2D eigenvalue weighted by molar-refractivity contribution is 0.0840. The van der Waals surface area contributed by atoms with E-state index < -0.39 is 0 Å². The number of aryl methyl sites for hydroxylation is 1. The van der Waals surface area contributed by atoms with E-state index in [9.17, 15) is 9.90 Å². The number of amides is 1. The van der Waals surface area contributed by atoms with Crippen LogP contribution in [0.25, 0.3) is 0 Å². The van der Waals surface area contributed by atoms with Crippen molar-refractivity contribution in [1.82, 2.24) is 5.32 Å². The van der Waals surface area contributed by atoms with Crippen LogP contribution >= 0.6 is 0 Å². The zero-order valence-electron chi connectivity index (χ0n) is 10.3. The van der Waals surface area contributed by atoms with E-state index in [1.807, 2.05) is 0 Å². The molecule has 2 aliphatic heterocycles. The Labute approximate surface area is 106 Å². The first-order valence-electron chi connectivity index (χ1n) is 6.39. The molecule has 0 radical (unpaired) electrons. The molecule has 0 aliphatic carbocycles. The number of fused-ring (bicyclic) bond motifs is 2. The van der Waals surface area contributed by atoms with Crippen molar-refractivity contribution < 1.29 is 14.6 Å². The Kier molecular flexibility index (Phi) is 2.74. The predicted octanol–water partition coefficient (Wildman–Crippen LogP) is 1.75. The summed E-state index contributed by atoms with van der Waals surface area (Å²) in [7, 11) is 0. The highest BCUT2D eigenvalue weighted by molar-refractivity contribution is 5.95. The maximum Gasteiger partial charge on any atom is 0.251 e. The van der Waals surface area contributed by atoms with Gasteiger partial charge in [0.15, 0.2) is 0 Å². The quantitative estimate of drug-likeness (QED) is 0.837. The Morgan fingerprint density at radius 2 is 2.28 bits per heavy atom. The van der Waals surface area contributed by atoms with Gasteiger partial charge >= 0.3 is 0 Å². The minimum Gasteiger partial charge on any atom is -0.508 e. The summed E-state index contributed by atoms with van der Waals surface area (Å²) in [6.07, 6.45) is 3.57. The van der Waals surface area contributed by atoms with E-state index in [1.54, 1.807) is 19.1 Å². The number of nitrogens with one attached hydrogen (secondary N) is 1. The van der Waals surface area contributed by atoms with E-state index in [2.05, 4.69) is 5.32 Å². The number of rotatable bonds is 2. The first-order valence-corrected chi connectivity index (χ1v) is 6.39. The second-order valence-corrected chi connectivity index (χ2v) is 5.19. The molecule has 2 bridgehead atoms. The summed E-state index contributed by atoms with van der Waals surface area (Å²) < 4.78 is 5.70. The molecule has 1 aromatic rings. The van der Waals surface area contributed by atoms with Crippen LogP contribution in [0, 0.1) is 6.92 Å². The number of phenolic OH excluding ortho intramolecular Hbond substituents is 1. The highest BCUT2D eigenvalue weighted by Gasteiger charge is 2.41. The highest BCUT2D eigenvalue weighted by Crippen LogP contribution is 2.34. The number of aromatic hydroxyl groups is 1. The maximum atomic E-state index is 12.1. The van der Waals surface area contributed by atoms with E-state index >= 15 is 0 Å². The molecule has 18 heavy (non-hydrogen) atoms. The molecule has 4 nitrogen and oxygen atoms in total. The number of hydrogen-bond donors (Lipinski definition) is 2. The van der Waals surface area contributed by atoms with Crippen LogP contribution in [0.4, 0.5) is 0 Å². The van der Waals surface area contributed by atoms with Crippen molar-refractivity contribution in [3.63, 3.8) is 0 Å². The van der Waals surface area contributed by atoms with Gasteiger partial charge < -0.3 is 15.2 Å². The SMILES string of the molecule is Cc1ccc(C(=O)NC2CC3CCC2O3)cc1O. The summed E-state index contributed by atoms with van der Waals surface area (Å²) in [5.74, 6) is 0.0262. The molecule has 96 valence electrons. The zero-order chi connectivity index (χ0) is 12.7. The number of benzene rings is 1. The second-order valence-electron chi connectivity index (χ2n) is 5.19. The van der Waals surface area contributed by atoms with Gasteiger partial charge in [-0.25, -0.2) is 0 Å². The van der Waals surface area contributed by atoms with Gasteiger partial charge in [0.05, 0.1) is 18.2 Å². The van der Waals surface area contributed by atoms with E-state index in [0.717, 1.165) is 24.8 Å². The monoisotopic (exact) mass is 247 g/mol. The van der Waals surface area contributed by atoms with Gasteiger partial charge in [0, 0.05) is 5.56 Å². The van der Waals surface area contributed by atoms with Gasteiger partial charge in [-0.05, 0) is 43.9 Å². The van der Waals surface area contributed by atoms with E-state index in [-0.39, 0.29) is 23.8 Å². The molecule has 4 heteroatoms. The number of carbonyl (C=O) groups is 1. The van der Waals surface area contributed by atoms with Crippen LogP contribution in [0.3, 0.4) is 0 Å². The third-order valence-corrected chi connectivity index (χ3v) is 3.89. The van der Waals surface area contributed by atoms with Gasteiger partial charge in [0.25, 0.3) is 5.91 Å². The average Bonchev–Trinajstić information content (AvgIpc) is 2.94. The van der Waals surface area contributed by atoms with Crippen molar-refractivity contribution in [2.75, 3.05) is 0 Å². The Hall–Kier alpha value is -1.55. The summed E-state index contributed by atoms with van der Waals surface area (Å²) in [6.45, 7) is 1.81. The van der Waals surface area contributed by atoms with Gasteiger partial charge in [-0.2, -0.15) is 0 Å². The van der Waals surface area contributed by atoms with Gasteiger partial charge in [-0.1, -0.05) is 6.07 Å². The third-order valence-electron chi connectivity index (χ3n) is 3.89. The van der Waals surface area contributed by atoms with Gasteiger partial charge in [0.1, 0.15) is 5.75 Å². The van der Waals surface area contributed by atoms with E-state index in [4.69, 9.17) is 4.74 Å². The highest BCUT2D eigenvalue weighted by atomic mass is 16.5. The fraction of sp³-hybridized carbons (Fsp3) is 0.500. The smallest absolute Gasteiger partial charge is 0.251 e. The van der Waals surface area contributed by atoms with Crippen LogP contribution in [0.5, 0.6) is 5.75 Å². The molecule has 2 saturated heterocycles. The van der Waals surface area contributed by atoms with Crippen LogP contribution in [-0.4, -0.2) is 29.3 Å². The lowest BCUT2D eigenvalue weighted by Crippen LogP contribution is -2.41. The molecule has 1 amide bonds. The topological polar surface area (TPSA) is 58.6 Å². The van der Waals surface area contributed by atoms with Crippen LogP contribution in [0.1, 0.15) is 35.2 Å². The molecule has 2 fully saturated rings. The van der Waals surface area contributed by atoms with E-state index in [1.165, 1.54) is 6.07 Å². The van der Waals surface area contributed by atoms with Gasteiger partial charge in [-0.3, -0.25) is 4.79 Å². The fourth-order valence-corrected chi connectivity index (χ4v) is 2.79. The summed E-state index contributed by atoms with van der Waals surface area (Å²) >= 11 is 0. The van der Waals surface area contributed by atoms with Crippen LogP contribution in [0.15, 0.2) is 18.2 Å². The molecule has 3 rings (SSSR count). The fourth-order valence-electron chi connectivity index (χ4n) is 2.79. The number of phenols is 1. The molecule has 2 N–H and O–H groups in total. The normalized spacial score (nSPS) is 29.5. The summed E-state index contributed by atoms with van der Waals surface area (Å²) in [6, 6.07) is 5.12. The lowest BCUT2D eigenvalue weighted by Gasteiger charge is -2.20. The van der Waals surface area contributed by atoms with Crippen molar-refractivity contribution >= 4 is 5.91 Å². The number of carbonyl (C=O) groups excluding carboxylic acids is 1. The molecule has 3 unspecified atom stereocenters. The second kappa shape index (κ2) is 4.28. The minimum atomic E-state index is -0.133. The van der Waals surface area contributed by atoms with Crippen LogP contribution in [-0.2, 0) is 4.74 Å². The van der Waals surface area contributed by atoms with Crippen LogP contribution in [0.2, 0.25) is 0 Å². The Bertz CT molecular complexity index is 486. The summed E-state index contributed by atoms with van der Waals surface area (Å²) in [5, 5.41) is 12.6. The Balaban J connectivity index is 1.69. The Morgan fingerprint density at radius 1 is 1.44 bits per heavy atom. The van der Waals surface area contributed by atoms with Gasteiger partial charge in [0.2, 0.25) is 0 Å². The minimum absolute atomic E-state index is 0.125. The Morgan fingerprint density at radius 3 is 2.89 bits per heavy atom. The molecule has 0 saturated carbocycles. The van der Waals surface area contributed by atoms with Crippen molar-refractivity contribution in [1.29, 1.82) is 0 Å². The first kappa shape index (κ1) is 11.5. The largest absolute Gasteiger partial charge is 0.508 e. The van der Waals surface area contributed by atoms with Crippen molar-refractivity contribution in [3.05, 3.63) is 29.3 Å². The summed E-state index contributed by atoms with van der Waals surface area (Å²) in [5.41, 5.74) is 1.27. The maximum absolute atomic E-state index is 12.1. The standard InChI is InChI=1S/C14H17NO3/c1-8-2-3-9(6-12(8)16)14(17)15-11-7-10-4-5-13(11)18-10/h2-3,6,10-11,13,16H,4-5,7H2,1H3,(H,15,17). The molecule has 0 aromatic heterocycles. The van der Waals surface area contributed by atoms with Gasteiger partial charge in [-0.15, -0.1) is 0 Å². The predicted molar refractivity (Wildman–Crippen MR) is 66.6 cm³/mol. The van der Waals surface area contributed by atoms with Crippen molar-refractivity contribution in [3.8, 4) is 5.75 Å². The molecule has 0 spiro atoms. The average molecular weight is 247 g/mol. The van der Waals surface area contributed by atoms with Crippen LogP contribution < -0.4 is 5.32 Å². The zero-order valence-corrected chi connectivity index (χ0v) is 10.3. The molecular formula is C14H17NO3. The summed E-state index contributed by atoms with van der Waals surface area (Å²) in [4.78, 5) is 12.1. The number of hydrogen-bond acceptors (Lipinski definition) is 3.